The first kappa shape index (κ1) is 72.8. The van der Waals surface area contributed by atoms with Crippen LogP contribution in [0.15, 0.2) is 421 Å². The van der Waals surface area contributed by atoms with E-state index in [-0.39, 0.29) is 10.8 Å². The minimum atomic E-state index is 0.0307. The van der Waals surface area contributed by atoms with Crippen molar-refractivity contribution >= 4 is 143 Å². The predicted molar refractivity (Wildman–Crippen MR) is 512 cm³/mol. The van der Waals surface area contributed by atoms with Gasteiger partial charge in [0.1, 0.15) is 22.3 Å². The summed E-state index contributed by atoms with van der Waals surface area (Å²) in [5.41, 5.74) is 27.1. The Morgan fingerprint density at radius 1 is 0.183 bits per heavy atom. The van der Waals surface area contributed by atoms with Crippen LogP contribution in [0.4, 0.5) is 34.1 Å². The minimum Gasteiger partial charge on any atom is -0.456 e. The third-order valence-electron chi connectivity index (χ3n) is 24.4. The van der Waals surface area contributed by atoms with E-state index in [1.807, 2.05) is 12.1 Å². The number of benzene rings is 20. The van der Waals surface area contributed by atoms with Gasteiger partial charge in [-0.2, -0.15) is 0 Å². The zero-order chi connectivity index (χ0) is 80.7. The van der Waals surface area contributed by atoms with Crippen molar-refractivity contribution in [3.8, 4) is 66.8 Å². The van der Waals surface area contributed by atoms with Crippen molar-refractivity contribution in [1.29, 1.82) is 0 Å². The van der Waals surface area contributed by atoms with Gasteiger partial charge >= 0.3 is 0 Å². The van der Waals surface area contributed by atoms with Crippen molar-refractivity contribution in [3.05, 3.63) is 424 Å². The molecule has 0 saturated carbocycles. The van der Waals surface area contributed by atoms with Crippen LogP contribution in [-0.4, -0.2) is 0 Å². The molecule has 4 heteroatoms. The lowest BCUT2D eigenvalue weighted by atomic mass is 9.82. The molecule has 0 amide bonds. The van der Waals surface area contributed by atoms with Gasteiger partial charge in [0.05, 0.1) is 22.1 Å². The molecule has 0 N–H and O–H groups in total. The summed E-state index contributed by atoms with van der Waals surface area (Å²) < 4.78 is 12.8. The molecule has 0 aliphatic rings. The zero-order valence-electron chi connectivity index (χ0n) is 68.0. The molecule has 4 nitrogen and oxygen atoms in total. The maximum atomic E-state index is 6.43. The molecule has 0 aliphatic carbocycles. The molecule has 22 aromatic rings. The van der Waals surface area contributed by atoms with Gasteiger partial charge in [0.2, 0.25) is 0 Å². The number of anilines is 6. The molecule has 0 bridgehead atoms. The highest BCUT2D eigenvalue weighted by Crippen LogP contribution is 2.49. The Labute approximate surface area is 699 Å². The van der Waals surface area contributed by atoms with Crippen molar-refractivity contribution in [3.63, 3.8) is 0 Å². The molecule has 2 aromatic heterocycles. The molecule has 0 atom stereocenters. The van der Waals surface area contributed by atoms with Gasteiger partial charge in [-0.15, -0.1) is 0 Å². The number of hydrogen-bond donors (Lipinski definition) is 0. The molecule has 0 unspecified atom stereocenters. The smallest absolute Gasteiger partial charge is 0.137 e. The van der Waals surface area contributed by atoms with Gasteiger partial charge in [-0.05, 0) is 281 Å². The van der Waals surface area contributed by atoms with Crippen LogP contribution < -0.4 is 9.80 Å². The normalized spacial score (nSPS) is 11.9. The molecule has 0 aliphatic heterocycles. The standard InChI is InChI=1S/C60H39NO.C56H47NO/c1-3-12-40(13-4-1)47-28-34-52-49(37-47)39-55(56-38-48(29-35-53(52)56)41-14-5-2-6-15-41)44-26-32-51(33-27-44)61(57-19-11-21-59-60(57)54-18-9-10-20-58(54)62-59)50-30-24-43(25-31-50)46-23-22-42-16-7-8-17-45(42)36-46;1-55(2,3)42-24-30-46-41(33-42)34-49(50-35-43(56(4,5)6)25-31-47(46)50)38-22-28-45(29-23-38)57(51-15-11-17-53-54(51)48-14-9-10-16-52(48)58-53)44-26-20-37(21-27-44)40-19-18-36-12-7-8-13-39(36)32-40/h1-39H;7-35H,1-6H3. The van der Waals surface area contributed by atoms with Crippen molar-refractivity contribution in [2.45, 2.75) is 52.4 Å². The van der Waals surface area contributed by atoms with Gasteiger partial charge in [0, 0.05) is 33.5 Å². The molecule has 572 valence electrons. The number of hydrogen-bond acceptors (Lipinski definition) is 4. The molecule has 20 aromatic carbocycles. The van der Waals surface area contributed by atoms with Crippen LogP contribution in [0.1, 0.15) is 52.7 Å². The van der Waals surface area contributed by atoms with Crippen molar-refractivity contribution < 1.29 is 8.83 Å². The molecule has 2 heterocycles. The quantitative estimate of drug-likeness (QED) is 0.114. The van der Waals surface area contributed by atoms with E-state index in [0.29, 0.717) is 0 Å². The topological polar surface area (TPSA) is 32.8 Å². The second-order valence-corrected chi connectivity index (χ2v) is 34.0. The third-order valence-corrected chi connectivity index (χ3v) is 24.4. The van der Waals surface area contributed by atoms with Crippen LogP contribution in [0.25, 0.3) is 175 Å². The lowest BCUT2D eigenvalue weighted by molar-refractivity contribution is 0.590. The fourth-order valence-electron chi connectivity index (χ4n) is 18.0. The van der Waals surface area contributed by atoms with Crippen molar-refractivity contribution in [2.24, 2.45) is 0 Å². The van der Waals surface area contributed by atoms with Crippen LogP contribution in [0, 0.1) is 0 Å². The summed E-state index contributed by atoms with van der Waals surface area (Å²) in [6, 6.07) is 150. The number of rotatable bonds is 12. The first-order valence-corrected chi connectivity index (χ1v) is 41.6. The average Bonchev–Trinajstić information content (AvgIpc) is 1.71. The fourth-order valence-corrected chi connectivity index (χ4v) is 18.0. The van der Waals surface area contributed by atoms with Crippen LogP contribution >= 0.6 is 0 Å². The second-order valence-electron chi connectivity index (χ2n) is 34.0. The Morgan fingerprint density at radius 3 is 0.950 bits per heavy atom. The van der Waals surface area contributed by atoms with E-state index in [2.05, 4.69) is 452 Å². The van der Waals surface area contributed by atoms with Gasteiger partial charge in [0.15, 0.2) is 0 Å². The van der Waals surface area contributed by atoms with Crippen LogP contribution in [-0.2, 0) is 10.8 Å². The highest BCUT2D eigenvalue weighted by atomic mass is 16.3. The number of para-hydroxylation sites is 2. The van der Waals surface area contributed by atoms with Crippen LogP contribution in [0.5, 0.6) is 0 Å². The summed E-state index contributed by atoms with van der Waals surface area (Å²) in [5, 5.41) is 19.5. The molecule has 0 fully saturated rings. The second kappa shape index (κ2) is 29.7. The first-order chi connectivity index (χ1) is 58.7. The number of nitrogens with zero attached hydrogens (tertiary/aromatic N) is 2. The van der Waals surface area contributed by atoms with Crippen LogP contribution in [0.3, 0.4) is 0 Å². The minimum absolute atomic E-state index is 0.0307. The van der Waals surface area contributed by atoms with E-state index < -0.39 is 0 Å². The molecular weight excluding hydrogens is 1450 g/mol. The lowest BCUT2D eigenvalue weighted by Gasteiger charge is -2.27. The van der Waals surface area contributed by atoms with Gasteiger partial charge in [-0.3, -0.25) is 0 Å². The fraction of sp³-hybridized carbons (Fsp3) is 0.0690. The van der Waals surface area contributed by atoms with E-state index in [9.17, 15) is 0 Å². The summed E-state index contributed by atoms with van der Waals surface area (Å²) in [6.07, 6.45) is 0. The number of fused-ring (bicyclic) bond motifs is 14. The molecule has 0 spiro atoms. The molecule has 120 heavy (non-hydrogen) atoms. The highest BCUT2D eigenvalue weighted by Gasteiger charge is 2.25. The Kier molecular flexibility index (Phi) is 18.0. The van der Waals surface area contributed by atoms with Crippen LogP contribution in [0.2, 0.25) is 0 Å². The molecule has 0 radical (unpaired) electrons. The van der Waals surface area contributed by atoms with E-state index in [4.69, 9.17) is 8.83 Å². The maximum absolute atomic E-state index is 6.43. The molecule has 22 rings (SSSR count). The van der Waals surface area contributed by atoms with E-state index >= 15 is 0 Å². The van der Waals surface area contributed by atoms with E-state index in [1.54, 1.807) is 0 Å². The summed E-state index contributed by atoms with van der Waals surface area (Å²) in [4.78, 5) is 4.75. The van der Waals surface area contributed by atoms with E-state index in [1.165, 1.54) is 137 Å². The molecular formula is C116H86N2O2. The maximum Gasteiger partial charge on any atom is 0.137 e. The highest BCUT2D eigenvalue weighted by molar-refractivity contribution is 6.18. The SMILES string of the molecule is CC(C)(C)c1ccc2c(c1)cc(-c1ccc(N(c3ccc(-c4ccc5ccccc5c4)cc3)c3cccc4oc5ccccc5c34)cc1)c1cc(C(C)(C)C)ccc12.c1ccc(-c2ccc3c(c2)cc(-c2ccc(N(c4ccc(-c5ccc6ccccc6c5)cc4)c4cccc5oc6ccccc6c45)cc2)c2cc(-c4ccccc4)ccc23)cc1. The summed E-state index contributed by atoms with van der Waals surface area (Å²) in [5.74, 6) is 0. The van der Waals surface area contributed by atoms with Crippen molar-refractivity contribution in [2.75, 3.05) is 9.80 Å². The average molecular weight is 1540 g/mol. The van der Waals surface area contributed by atoms with Crippen molar-refractivity contribution in [1.82, 2.24) is 0 Å². The summed E-state index contributed by atoms with van der Waals surface area (Å²) in [6.45, 7) is 13.8. The Balaban J connectivity index is 0.000000149. The first-order valence-electron chi connectivity index (χ1n) is 41.6. The van der Waals surface area contributed by atoms with E-state index in [0.717, 1.165) is 83.6 Å². The Bertz CT molecular complexity index is 7690. The monoisotopic (exact) mass is 1540 g/mol. The Morgan fingerprint density at radius 2 is 0.500 bits per heavy atom. The Hall–Kier alpha value is -14.8. The summed E-state index contributed by atoms with van der Waals surface area (Å²) in [7, 11) is 0. The largest absolute Gasteiger partial charge is 0.456 e. The van der Waals surface area contributed by atoms with Gasteiger partial charge in [0.25, 0.3) is 0 Å². The van der Waals surface area contributed by atoms with Gasteiger partial charge in [-0.1, -0.05) is 327 Å². The van der Waals surface area contributed by atoms with Gasteiger partial charge in [-0.25, -0.2) is 0 Å². The summed E-state index contributed by atoms with van der Waals surface area (Å²) >= 11 is 0. The predicted octanol–water partition coefficient (Wildman–Crippen LogP) is 33.6. The van der Waals surface area contributed by atoms with Gasteiger partial charge < -0.3 is 18.6 Å². The lowest BCUT2D eigenvalue weighted by Crippen LogP contribution is -2.11. The molecule has 0 saturated heterocycles. The third kappa shape index (κ3) is 13.4. The zero-order valence-corrected chi connectivity index (χ0v) is 68.0. The number of furan rings is 2.